The van der Waals surface area contributed by atoms with Gasteiger partial charge in [0.05, 0.1) is 19.3 Å². The van der Waals surface area contributed by atoms with E-state index in [1.807, 2.05) is 0 Å². The molecule has 0 spiro atoms. The maximum Gasteiger partial charge on any atom is 0.0658 e. The molecule has 1 aromatic rings. The number of fused-ring (bicyclic) bond motifs is 2. The maximum atomic E-state index is 5.86. The fraction of sp³-hybridized carbons (Fsp3) is 0.667. The summed E-state index contributed by atoms with van der Waals surface area (Å²) in [7, 11) is 0. The number of morpholine rings is 1. The molecule has 2 aliphatic heterocycles. The average Bonchev–Trinajstić information content (AvgIpc) is 2.65. The molecule has 1 aromatic carbocycles. The Morgan fingerprint density at radius 2 is 1.65 bits per heavy atom. The normalized spacial score (nSPS) is 23.0. The maximum absolute atomic E-state index is 5.86. The van der Waals surface area contributed by atoms with Crippen LogP contribution in [0.25, 0.3) is 0 Å². The van der Waals surface area contributed by atoms with Crippen LogP contribution in [0.4, 0.5) is 0 Å². The molecule has 3 rings (SSSR count). The molecule has 2 nitrogen and oxygen atoms in total. The molecule has 2 bridgehead atoms. The number of hydrogen-bond acceptors (Lipinski definition) is 2. The van der Waals surface area contributed by atoms with Crippen molar-refractivity contribution in [3.8, 4) is 0 Å². The molecule has 0 aliphatic carbocycles. The molecule has 0 aromatic heterocycles. The topological polar surface area (TPSA) is 12.5 Å². The van der Waals surface area contributed by atoms with E-state index in [1.165, 1.54) is 69.8 Å². The van der Waals surface area contributed by atoms with Gasteiger partial charge in [0.25, 0.3) is 0 Å². The van der Waals surface area contributed by atoms with Crippen molar-refractivity contribution in [1.82, 2.24) is 4.90 Å². The highest BCUT2D eigenvalue weighted by atomic mass is 16.5. The van der Waals surface area contributed by atoms with E-state index in [2.05, 4.69) is 48.2 Å². The lowest BCUT2D eigenvalue weighted by atomic mass is 9.90. The van der Waals surface area contributed by atoms with E-state index >= 15 is 0 Å². The summed E-state index contributed by atoms with van der Waals surface area (Å²) in [5, 5.41) is 0. The molecule has 0 amide bonds. The highest BCUT2D eigenvalue weighted by Crippen LogP contribution is 2.31. The van der Waals surface area contributed by atoms with Crippen LogP contribution < -0.4 is 0 Å². The Bertz CT molecular complexity index is 538. The van der Waals surface area contributed by atoms with Gasteiger partial charge in [0.2, 0.25) is 0 Å². The molecule has 0 N–H and O–H groups in total. The fourth-order valence-electron chi connectivity index (χ4n) is 4.46. The van der Waals surface area contributed by atoms with Gasteiger partial charge in [-0.3, -0.25) is 4.90 Å². The van der Waals surface area contributed by atoms with E-state index in [-0.39, 0.29) is 0 Å². The van der Waals surface area contributed by atoms with Crippen molar-refractivity contribution >= 4 is 0 Å². The van der Waals surface area contributed by atoms with Crippen LogP contribution in [0, 0.1) is 0 Å². The minimum absolute atomic E-state index is 0.478. The minimum atomic E-state index is 0.478. The predicted octanol–water partition coefficient (Wildman–Crippen LogP) is 6.12. The fourth-order valence-corrected chi connectivity index (χ4v) is 4.46. The van der Waals surface area contributed by atoms with Crippen LogP contribution in [-0.4, -0.2) is 30.2 Å². The van der Waals surface area contributed by atoms with Gasteiger partial charge in [-0.05, 0) is 24.8 Å². The first-order valence-electron chi connectivity index (χ1n) is 10.9. The van der Waals surface area contributed by atoms with Crippen molar-refractivity contribution in [1.29, 1.82) is 0 Å². The van der Waals surface area contributed by atoms with Crippen LogP contribution in [0.3, 0.4) is 0 Å². The third-order valence-corrected chi connectivity index (χ3v) is 5.98. The van der Waals surface area contributed by atoms with Gasteiger partial charge in [0.15, 0.2) is 0 Å². The molecule has 0 saturated carbocycles. The Morgan fingerprint density at radius 3 is 2.38 bits per heavy atom. The van der Waals surface area contributed by atoms with E-state index < -0.39 is 0 Å². The molecule has 26 heavy (non-hydrogen) atoms. The lowest BCUT2D eigenvalue weighted by Crippen LogP contribution is -2.53. The van der Waals surface area contributed by atoms with Crippen molar-refractivity contribution in [3.63, 3.8) is 0 Å². The number of benzene rings is 1. The lowest BCUT2D eigenvalue weighted by Gasteiger charge is -2.45. The molecule has 2 atom stereocenters. The first-order valence-corrected chi connectivity index (χ1v) is 10.9. The zero-order valence-corrected chi connectivity index (χ0v) is 16.7. The third kappa shape index (κ3) is 5.96. The summed E-state index contributed by atoms with van der Waals surface area (Å²) in [6.45, 7) is 5.11. The second-order valence-corrected chi connectivity index (χ2v) is 8.17. The second kappa shape index (κ2) is 10.9. The molecular formula is C24H37NO. The summed E-state index contributed by atoms with van der Waals surface area (Å²) >= 11 is 0. The molecule has 1 saturated heterocycles. The van der Waals surface area contributed by atoms with Gasteiger partial charge >= 0.3 is 0 Å². The summed E-state index contributed by atoms with van der Waals surface area (Å²) in [6.07, 6.45) is 16.3. The Balaban J connectivity index is 1.41. The van der Waals surface area contributed by atoms with E-state index in [0.717, 1.165) is 19.8 Å². The van der Waals surface area contributed by atoms with Crippen LogP contribution in [-0.2, 0) is 11.3 Å². The number of rotatable bonds is 11. The predicted molar refractivity (Wildman–Crippen MR) is 110 cm³/mol. The van der Waals surface area contributed by atoms with Crippen LogP contribution in [0.5, 0.6) is 0 Å². The van der Waals surface area contributed by atoms with Gasteiger partial charge in [-0.1, -0.05) is 93.9 Å². The van der Waals surface area contributed by atoms with E-state index in [1.54, 1.807) is 5.57 Å². The van der Waals surface area contributed by atoms with Gasteiger partial charge in [-0.2, -0.15) is 0 Å². The summed E-state index contributed by atoms with van der Waals surface area (Å²) < 4.78 is 5.86. The van der Waals surface area contributed by atoms with Gasteiger partial charge in [0.1, 0.15) is 0 Å². The van der Waals surface area contributed by atoms with Crippen LogP contribution in [0.15, 0.2) is 42.0 Å². The van der Waals surface area contributed by atoms with Crippen molar-refractivity contribution in [3.05, 3.63) is 47.5 Å². The summed E-state index contributed by atoms with van der Waals surface area (Å²) in [5.74, 6) is 0. The van der Waals surface area contributed by atoms with E-state index in [4.69, 9.17) is 4.74 Å². The summed E-state index contributed by atoms with van der Waals surface area (Å²) in [5.41, 5.74) is 3.11. The van der Waals surface area contributed by atoms with Crippen LogP contribution >= 0.6 is 0 Å². The summed E-state index contributed by atoms with van der Waals surface area (Å²) in [4.78, 5) is 2.66. The third-order valence-electron chi connectivity index (χ3n) is 5.98. The number of hydrogen-bond donors (Lipinski definition) is 0. The Labute approximate surface area is 160 Å². The Kier molecular flexibility index (Phi) is 8.23. The minimum Gasteiger partial charge on any atom is -0.378 e. The standard InChI is InChI=1S/C24H37NO/c1-2-3-4-5-6-7-8-10-15-22-16-23-19-26-20-24(17-22)25(23)18-21-13-11-9-12-14-21/h9,11-14,16,23-24H,2-8,10,15,17-20H2,1H3. The molecule has 2 unspecified atom stereocenters. The number of unbranched alkanes of at least 4 members (excludes halogenated alkanes) is 7. The molecule has 1 fully saturated rings. The quantitative estimate of drug-likeness (QED) is 0.350. The largest absolute Gasteiger partial charge is 0.378 e. The molecular weight excluding hydrogens is 318 g/mol. The molecule has 2 aliphatic rings. The first kappa shape index (κ1) is 19.6. The van der Waals surface area contributed by atoms with Crippen molar-refractivity contribution in [2.75, 3.05) is 13.2 Å². The Morgan fingerprint density at radius 1 is 0.923 bits per heavy atom. The second-order valence-electron chi connectivity index (χ2n) is 8.17. The molecule has 2 heterocycles. The SMILES string of the molecule is CCCCCCCCCCC1=CC2COCC(C1)N2Cc1ccccc1. The molecule has 144 valence electrons. The van der Waals surface area contributed by atoms with Gasteiger partial charge in [0, 0.05) is 12.6 Å². The zero-order valence-electron chi connectivity index (χ0n) is 16.7. The smallest absolute Gasteiger partial charge is 0.0658 e. The van der Waals surface area contributed by atoms with Gasteiger partial charge < -0.3 is 4.74 Å². The van der Waals surface area contributed by atoms with Crippen molar-refractivity contribution in [2.24, 2.45) is 0 Å². The zero-order chi connectivity index (χ0) is 18.0. The highest BCUT2D eigenvalue weighted by Gasteiger charge is 2.34. The van der Waals surface area contributed by atoms with E-state index in [9.17, 15) is 0 Å². The monoisotopic (exact) mass is 355 g/mol. The number of ether oxygens (including phenoxy) is 1. The molecule has 2 heteroatoms. The number of nitrogens with zero attached hydrogens (tertiary/aromatic N) is 1. The van der Waals surface area contributed by atoms with Crippen molar-refractivity contribution < 1.29 is 4.74 Å². The van der Waals surface area contributed by atoms with Gasteiger partial charge in [-0.25, -0.2) is 0 Å². The van der Waals surface area contributed by atoms with Gasteiger partial charge in [-0.15, -0.1) is 0 Å². The van der Waals surface area contributed by atoms with Crippen molar-refractivity contribution in [2.45, 2.75) is 89.8 Å². The average molecular weight is 356 g/mol. The van der Waals surface area contributed by atoms with Crippen LogP contribution in [0.2, 0.25) is 0 Å². The molecule has 0 radical (unpaired) electrons. The first-order chi connectivity index (χ1) is 12.9. The highest BCUT2D eigenvalue weighted by molar-refractivity contribution is 5.20. The van der Waals surface area contributed by atoms with E-state index in [0.29, 0.717) is 12.1 Å². The van der Waals surface area contributed by atoms with Crippen LogP contribution in [0.1, 0.15) is 76.7 Å². The lowest BCUT2D eigenvalue weighted by molar-refractivity contribution is -0.0442. The summed E-state index contributed by atoms with van der Waals surface area (Å²) in [6, 6.07) is 11.9. The Hall–Kier alpha value is -1.12.